The molecule has 8 bridgehead atoms. The summed E-state index contributed by atoms with van der Waals surface area (Å²) in [7, 11) is 0. The number of amides is 6. The Bertz CT molecular complexity index is 1990. The first kappa shape index (κ1) is 55.6. The molecule has 0 unspecified atom stereocenters. The van der Waals surface area contributed by atoms with Crippen LogP contribution in [-0.4, -0.2) is 109 Å². The number of ether oxygens (including phenoxy) is 4. The average molecular weight is 1020 g/mol. The molecule has 9 rings (SSSR count). The Morgan fingerprint density at radius 3 is 1.52 bits per heavy atom. The minimum atomic E-state index is -1.47. The van der Waals surface area contributed by atoms with Crippen LogP contribution in [0.5, 0.6) is 0 Å². The molecule has 0 aliphatic heterocycles. The van der Waals surface area contributed by atoms with E-state index in [0.717, 1.165) is 80.6 Å². The van der Waals surface area contributed by atoms with E-state index in [1.165, 1.54) is 12.8 Å². The van der Waals surface area contributed by atoms with E-state index >= 15 is 0 Å². The lowest BCUT2D eigenvalue weighted by Crippen LogP contribution is -2.59. The molecule has 8 saturated carbocycles. The molecule has 8 fully saturated rings. The van der Waals surface area contributed by atoms with Crippen LogP contribution in [0.3, 0.4) is 0 Å². The Hall–Kier alpha value is -5.13. The number of aliphatic hydroxyl groups is 1. The summed E-state index contributed by atoms with van der Waals surface area (Å²) in [6, 6.07) is 4.20. The quantitative estimate of drug-likeness (QED) is 0.0313. The molecular formula is C55H84N6O12. The third kappa shape index (κ3) is 15.9. The van der Waals surface area contributed by atoms with Crippen molar-refractivity contribution in [1.82, 2.24) is 31.9 Å². The van der Waals surface area contributed by atoms with Crippen molar-refractivity contribution in [2.75, 3.05) is 19.7 Å². The number of nitrogens with one attached hydrogen (secondary N) is 6. The lowest BCUT2D eigenvalue weighted by molar-refractivity contribution is -0.149. The van der Waals surface area contributed by atoms with Crippen LogP contribution in [0.25, 0.3) is 0 Å². The van der Waals surface area contributed by atoms with Gasteiger partial charge in [-0.3, -0.25) is 14.4 Å². The third-order valence-electron chi connectivity index (χ3n) is 16.6. The fraction of sp³-hybridized carbons (Fsp3) is 0.764. The Kier molecular flexibility index (Phi) is 19.7. The Balaban J connectivity index is 0.948. The number of rotatable bonds is 25. The first-order chi connectivity index (χ1) is 34.9. The summed E-state index contributed by atoms with van der Waals surface area (Å²) in [5.74, 6) is 1.46. The van der Waals surface area contributed by atoms with Crippen molar-refractivity contribution >= 4 is 42.0 Å². The summed E-state index contributed by atoms with van der Waals surface area (Å²) >= 11 is 0. The molecule has 8 aliphatic carbocycles. The first-order valence-electron chi connectivity index (χ1n) is 27.6. The van der Waals surface area contributed by atoms with E-state index < -0.39 is 84.3 Å². The SMILES string of the molecule is CC[C@H](C)[C@H](NC(=O)[C@H](CCCCNC(=O)OC1C2CC3CC(C2)CC1C3)NC(=O)[C@H](CO)NC(=O)OC(C)(C)C)C(=O)N[C@@H](CCCCNC(=O)OC1C2CC3CC(C2)CC1C3)C(=O)OCc1ccccc1. The Labute approximate surface area is 431 Å². The van der Waals surface area contributed by atoms with E-state index in [4.69, 9.17) is 18.9 Å². The summed E-state index contributed by atoms with van der Waals surface area (Å²) in [5, 5.41) is 26.6. The van der Waals surface area contributed by atoms with Crippen molar-refractivity contribution in [3.63, 3.8) is 0 Å². The van der Waals surface area contributed by atoms with Gasteiger partial charge in [0.15, 0.2) is 0 Å². The molecule has 7 N–H and O–H groups in total. The number of benzene rings is 1. The second-order valence-corrected chi connectivity index (χ2v) is 23.4. The summed E-state index contributed by atoms with van der Waals surface area (Å²) < 4.78 is 22.9. The number of carbonyl (C=O) groups excluding carboxylic acids is 7. The number of hydrogen-bond donors (Lipinski definition) is 7. The summed E-state index contributed by atoms with van der Waals surface area (Å²) in [4.78, 5) is 94.5. The van der Waals surface area contributed by atoms with Gasteiger partial charge in [-0.2, -0.15) is 0 Å². The second-order valence-electron chi connectivity index (χ2n) is 23.4. The van der Waals surface area contributed by atoms with Crippen LogP contribution in [0, 0.1) is 53.3 Å². The molecule has 406 valence electrons. The highest BCUT2D eigenvalue weighted by Gasteiger charge is 2.51. The van der Waals surface area contributed by atoms with Gasteiger partial charge in [-0.25, -0.2) is 19.2 Å². The van der Waals surface area contributed by atoms with Crippen molar-refractivity contribution < 1.29 is 57.6 Å². The molecule has 0 spiro atoms. The standard InChI is InChI=1S/C55H84N6O12/c1-6-32(2)45(50(65)59-43(51(66)70-31-33-14-8-7-9-15-33)17-11-13-19-57-53(68)72-47-40-26-36-21-37(28-40)29-41(47)27-36)61-48(63)42(58-49(64)44(30-62)60-54(69)73-55(3,4)5)16-10-12-18-56-52(67)71-46-38-22-34-20-35(24-38)25-39(46)23-34/h7-9,14-15,32,34-47,62H,6,10-13,16-31H2,1-5H3,(H,56,67)(H,57,68)(H,58,64)(H,59,65)(H,60,69)(H,61,63)/t32-,34?,35?,36?,37?,38?,39?,40?,41?,42-,43-,44-,45-,46?,47?/m0/s1. The molecule has 0 saturated heterocycles. The van der Waals surface area contributed by atoms with Crippen LogP contribution in [0.2, 0.25) is 0 Å². The molecule has 0 radical (unpaired) electrons. The number of esters is 1. The molecular weight excluding hydrogens is 937 g/mol. The maximum Gasteiger partial charge on any atom is 0.408 e. The third-order valence-corrected chi connectivity index (χ3v) is 16.6. The van der Waals surface area contributed by atoms with Gasteiger partial charge in [0.25, 0.3) is 0 Å². The Morgan fingerprint density at radius 1 is 0.589 bits per heavy atom. The second kappa shape index (κ2) is 25.9. The largest absolute Gasteiger partial charge is 0.459 e. The van der Waals surface area contributed by atoms with E-state index in [0.29, 0.717) is 62.3 Å². The predicted molar refractivity (Wildman–Crippen MR) is 270 cm³/mol. The lowest BCUT2D eigenvalue weighted by atomic mass is 9.55. The maximum atomic E-state index is 14.3. The number of hydrogen-bond acceptors (Lipinski definition) is 12. The number of carbonyl (C=O) groups is 7. The van der Waals surface area contributed by atoms with E-state index in [2.05, 4.69) is 31.9 Å². The topological polar surface area (TPSA) is 249 Å². The summed E-state index contributed by atoms with van der Waals surface area (Å²) in [5.41, 5.74) is -0.124. The van der Waals surface area contributed by atoms with Crippen LogP contribution in [0.15, 0.2) is 30.3 Å². The van der Waals surface area contributed by atoms with Crippen molar-refractivity contribution in [2.45, 2.75) is 192 Å². The van der Waals surface area contributed by atoms with Gasteiger partial charge >= 0.3 is 24.2 Å². The summed E-state index contributed by atoms with van der Waals surface area (Å²) in [6.45, 7) is 8.36. The number of aliphatic hydroxyl groups excluding tert-OH is 1. The van der Waals surface area contributed by atoms with Crippen LogP contribution < -0.4 is 31.9 Å². The van der Waals surface area contributed by atoms with Gasteiger partial charge in [-0.1, -0.05) is 50.6 Å². The smallest absolute Gasteiger partial charge is 0.408 e. The minimum Gasteiger partial charge on any atom is -0.459 e. The van der Waals surface area contributed by atoms with Gasteiger partial charge in [-0.05, 0) is 182 Å². The zero-order valence-electron chi connectivity index (χ0n) is 43.8. The zero-order chi connectivity index (χ0) is 52.2. The molecule has 18 nitrogen and oxygen atoms in total. The number of unbranched alkanes of at least 4 members (excludes halogenated alkanes) is 2. The van der Waals surface area contributed by atoms with E-state index in [-0.39, 0.29) is 38.2 Å². The molecule has 1 aromatic rings. The molecule has 18 heteroatoms. The molecule has 5 atom stereocenters. The average Bonchev–Trinajstić information content (AvgIpc) is 3.34. The highest BCUT2D eigenvalue weighted by atomic mass is 16.6. The lowest BCUT2D eigenvalue weighted by Gasteiger charge is -2.53. The summed E-state index contributed by atoms with van der Waals surface area (Å²) in [6.07, 6.45) is 12.1. The number of alkyl carbamates (subject to hydrolysis) is 3. The van der Waals surface area contributed by atoms with Crippen molar-refractivity contribution in [1.29, 1.82) is 0 Å². The molecule has 0 aromatic heterocycles. The monoisotopic (exact) mass is 1020 g/mol. The molecule has 73 heavy (non-hydrogen) atoms. The highest BCUT2D eigenvalue weighted by Crippen LogP contribution is 2.55. The van der Waals surface area contributed by atoms with E-state index in [9.17, 15) is 38.7 Å². The van der Waals surface area contributed by atoms with E-state index in [1.54, 1.807) is 27.7 Å². The van der Waals surface area contributed by atoms with Crippen LogP contribution in [-0.2, 0) is 44.7 Å². The fourth-order valence-electron chi connectivity index (χ4n) is 13.3. The van der Waals surface area contributed by atoms with E-state index in [1.807, 2.05) is 37.3 Å². The zero-order valence-corrected chi connectivity index (χ0v) is 43.8. The fourth-order valence-corrected chi connectivity index (χ4v) is 13.3. The van der Waals surface area contributed by atoms with Gasteiger partial charge in [-0.15, -0.1) is 0 Å². The van der Waals surface area contributed by atoms with Crippen LogP contribution in [0.1, 0.15) is 149 Å². The molecule has 1 aromatic carbocycles. The van der Waals surface area contributed by atoms with Crippen LogP contribution in [0.4, 0.5) is 14.4 Å². The Morgan fingerprint density at radius 2 is 1.05 bits per heavy atom. The molecule has 6 amide bonds. The van der Waals surface area contributed by atoms with Gasteiger partial charge in [0.2, 0.25) is 17.7 Å². The van der Waals surface area contributed by atoms with Gasteiger partial charge in [0, 0.05) is 13.1 Å². The van der Waals surface area contributed by atoms with Crippen molar-refractivity contribution in [2.24, 2.45) is 53.3 Å². The first-order valence-corrected chi connectivity index (χ1v) is 27.6. The molecule has 8 aliphatic rings. The minimum absolute atomic E-state index is 0.0203. The predicted octanol–water partition coefficient (Wildman–Crippen LogP) is 6.56. The van der Waals surface area contributed by atoms with Crippen molar-refractivity contribution in [3.8, 4) is 0 Å². The van der Waals surface area contributed by atoms with Gasteiger partial charge < -0.3 is 56.0 Å². The van der Waals surface area contributed by atoms with Crippen molar-refractivity contribution in [3.05, 3.63) is 35.9 Å². The normalized spacial score (nSPS) is 28.3. The maximum absolute atomic E-state index is 14.3. The highest BCUT2D eigenvalue weighted by molar-refractivity contribution is 5.95. The molecule has 0 heterocycles. The van der Waals surface area contributed by atoms with Gasteiger partial charge in [0.1, 0.15) is 48.6 Å². The van der Waals surface area contributed by atoms with Crippen LogP contribution >= 0.6 is 0 Å². The van der Waals surface area contributed by atoms with Gasteiger partial charge in [0.05, 0.1) is 6.61 Å².